The van der Waals surface area contributed by atoms with Crippen molar-refractivity contribution in [3.05, 3.63) is 7.43 Å². The SMILES string of the molecule is CC(C)(C)NC(=O)NCC(=O)N1CCC[C@H]1C(=O)NC(CC1CCC1)C(O)C(N)=O.CC(C)C.[CH3-].[V]. The molecule has 10 nitrogen and oxygen atoms in total. The zero-order chi connectivity index (χ0) is 26.1. The molecular weight excluding hydrogens is 501 g/mol. The second-order valence-electron chi connectivity index (χ2n) is 11.0. The normalized spacial score (nSPS) is 18.8. The number of rotatable bonds is 8. The van der Waals surface area contributed by atoms with Gasteiger partial charge < -0.3 is 39.1 Å². The first kappa shape index (κ1) is 36.4. The van der Waals surface area contributed by atoms with Gasteiger partial charge in [0.25, 0.3) is 0 Å². The third-order valence-corrected chi connectivity index (χ3v) is 5.58. The third kappa shape index (κ3) is 13.5. The topological polar surface area (TPSA) is 154 Å². The van der Waals surface area contributed by atoms with Crippen LogP contribution in [0.1, 0.15) is 80.1 Å². The van der Waals surface area contributed by atoms with Crippen LogP contribution in [-0.4, -0.2) is 70.6 Å². The summed E-state index contributed by atoms with van der Waals surface area (Å²) in [5.41, 5.74) is 4.81. The van der Waals surface area contributed by atoms with Crippen LogP contribution in [0.3, 0.4) is 0 Å². The Kier molecular flexibility index (Phi) is 17.0. The van der Waals surface area contributed by atoms with Gasteiger partial charge in [-0.2, -0.15) is 0 Å². The Hall–Kier alpha value is -1.78. The summed E-state index contributed by atoms with van der Waals surface area (Å²) in [6.45, 7) is 12.2. The average molecular weight is 550 g/mol. The van der Waals surface area contributed by atoms with Crippen molar-refractivity contribution in [3.8, 4) is 0 Å². The van der Waals surface area contributed by atoms with E-state index in [0.29, 0.717) is 31.7 Å². The van der Waals surface area contributed by atoms with Crippen molar-refractivity contribution in [1.82, 2.24) is 20.9 Å². The standard InChI is InChI=1S/C20H35N5O5.C4H10.CH3.V/c1-20(2,3)24-19(30)22-11-15(26)25-9-5-8-14(25)18(29)23-13(16(27)17(21)28)10-12-6-4-7-12;1-4(2)3;;/h12-14,16,27H,4-11H2,1-3H3,(H2,21,28)(H,23,29)(H2,22,24,30);4H,1-3H3;1H3;/q;;-1;/t13?,14-,16?;;;/m0.../s1. The van der Waals surface area contributed by atoms with E-state index in [-0.39, 0.29) is 38.4 Å². The molecule has 0 aromatic rings. The van der Waals surface area contributed by atoms with E-state index >= 15 is 0 Å². The van der Waals surface area contributed by atoms with E-state index in [1.165, 1.54) is 4.90 Å². The quantitative estimate of drug-likeness (QED) is 0.292. The van der Waals surface area contributed by atoms with Crippen molar-refractivity contribution in [3.63, 3.8) is 0 Å². The van der Waals surface area contributed by atoms with Gasteiger partial charge >= 0.3 is 6.03 Å². The van der Waals surface area contributed by atoms with Crippen molar-refractivity contribution in [2.24, 2.45) is 17.6 Å². The van der Waals surface area contributed by atoms with Crippen molar-refractivity contribution in [2.45, 2.75) is 104 Å². The van der Waals surface area contributed by atoms with Crippen LogP contribution in [0.2, 0.25) is 0 Å². The Morgan fingerprint density at radius 1 is 1.06 bits per heavy atom. The molecule has 2 unspecified atom stereocenters. The van der Waals surface area contributed by atoms with Gasteiger partial charge in [0.15, 0.2) is 6.10 Å². The molecule has 0 aromatic heterocycles. The molecule has 5 amide bonds. The number of nitrogens with two attached hydrogens (primary N) is 1. The van der Waals surface area contributed by atoms with E-state index in [1.54, 1.807) is 0 Å². The van der Waals surface area contributed by atoms with Gasteiger partial charge in [0.2, 0.25) is 17.7 Å². The van der Waals surface area contributed by atoms with E-state index in [9.17, 15) is 24.3 Å². The van der Waals surface area contributed by atoms with Gasteiger partial charge in [-0.15, -0.1) is 0 Å². The number of primary amides is 1. The first-order valence-electron chi connectivity index (χ1n) is 12.3. The number of nitrogens with zero attached hydrogens (tertiary/aromatic N) is 1. The Labute approximate surface area is 229 Å². The molecular formula is C25H48N5O5V-. The summed E-state index contributed by atoms with van der Waals surface area (Å²) in [5, 5.41) is 18.1. The fraction of sp³-hybridized carbons (Fsp3) is 0.800. The first-order valence-corrected chi connectivity index (χ1v) is 12.3. The van der Waals surface area contributed by atoms with Crippen LogP contribution >= 0.6 is 0 Å². The summed E-state index contributed by atoms with van der Waals surface area (Å²) >= 11 is 0. The number of nitrogens with one attached hydrogen (secondary N) is 3. The Morgan fingerprint density at radius 2 is 1.61 bits per heavy atom. The van der Waals surface area contributed by atoms with E-state index in [4.69, 9.17) is 5.73 Å². The minimum atomic E-state index is -1.47. The molecule has 2 aliphatic rings. The number of amides is 5. The molecule has 3 atom stereocenters. The Bertz CT molecular complexity index is 707. The van der Waals surface area contributed by atoms with Crippen LogP contribution in [0.4, 0.5) is 4.79 Å². The molecule has 1 heterocycles. The summed E-state index contributed by atoms with van der Waals surface area (Å²) in [5.74, 6) is -0.475. The number of aliphatic hydroxyl groups excluding tert-OH is 1. The van der Waals surface area contributed by atoms with Crippen molar-refractivity contribution in [2.75, 3.05) is 13.1 Å². The maximum Gasteiger partial charge on any atom is 0.315 e. The molecule has 2 rings (SSSR count). The van der Waals surface area contributed by atoms with Crippen LogP contribution in [0.15, 0.2) is 0 Å². The van der Waals surface area contributed by atoms with E-state index in [1.807, 2.05) is 20.8 Å². The predicted molar refractivity (Wildman–Crippen MR) is 137 cm³/mol. The van der Waals surface area contributed by atoms with Crippen LogP contribution in [0.5, 0.6) is 0 Å². The number of urea groups is 1. The molecule has 6 N–H and O–H groups in total. The molecule has 0 bridgehead atoms. The van der Waals surface area contributed by atoms with Crippen LogP contribution in [-0.2, 0) is 32.9 Å². The molecule has 209 valence electrons. The second kappa shape index (κ2) is 16.9. The Balaban J connectivity index is 0. The van der Waals surface area contributed by atoms with Crippen molar-refractivity contribution in [1.29, 1.82) is 0 Å². The van der Waals surface area contributed by atoms with Crippen molar-refractivity contribution >= 4 is 23.8 Å². The van der Waals surface area contributed by atoms with Gasteiger partial charge in [-0.05, 0) is 51.9 Å². The van der Waals surface area contributed by atoms with Crippen LogP contribution < -0.4 is 21.7 Å². The van der Waals surface area contributed by atoms with Gasteiger partial charge in [0, 0.05) is 30.6 Å². The molecule has 1 aliphatic heterocycles. The van der Waals surface area contributed by atoms with Crippen LogP contribution in [0.25, 0.3) is 0 Å². The third-order valence-electron chi connectivity index (χ3n) is 5.58. The summed E-state index contributed by atoms with van der Waals surface area (Å²) in [4.78, 5) is 50.2. The minimum absolute atomic E-state index is 0. The number of carbonyl (C=O) groups is 4. The van der Waals surface area contributed by atoms with E-state index < -0.39 is 41.6 Å². The molecule has 11 heteroatoms. The fourth-order valence-electron chi connectivity index (χ4n) is 3.81. The summed E-state index contributed by atoms with van der Waals surface area (Å²) in [6, 6.07) is -1.93. The summed E-state index contributed by atoms with van der Waals surface area (Å²) < 4.78 is 0. The van der Waals surface area contributed by atoms with Gasteiger partial charge in [0.1, 0.15) is 6.04 Å². The number of hydrogen-bond donors (Lipinski definition) is 5. The largest absolute Gasteiger partial charge is 0.381 e. The first-order chi connectivity index (χ1) is 15.7. The number of aliphatic hydroxyl groups is 1. The minimum Gasteiger partial charge on any atom is -0.381 e. The zero-order valence-electron chi connectivity index (χ0n) is 23.1. The molecule has 0 spiro atoms. The van der Waals surface area contributed by atoms with E-state index in [0.717, 1.165) is 25.2 Å². The summed E-state index contributed by atoms with van der Waals surface area (Å²) in [7, 11) is 0. The smallest absolute Gasteiger partial charge is 0.315 e. The second-order valence-corrected chi connectivity index (χ2v) is 11.0. The molecule has 0 aromatic carbocycles. The number of carbonyl (C=O) groups excluding carboxylic acids is 4. The van der Waals surface area contributed by atoms with Gasteiger partial charge in [-0.1, -0.05) is 40.0 Å². The van der Waals surface area contributed by atoms with Gasteiger partial charge in [-0.3, -0.25) is 14.4 Å². The number of likely N-dealkylation sites (tertiary alicyclic amines) is 1. The maximum absolute atomic E-state index is 12.8. The summed E-state index contributed by atoms with van der Waals surface area (Å²) in [6.07, 6.45) is 3.23. The number of hydrogen-bond acceptors (Lipinski definition) is 5. The molecule has 1 saturated carbocycles. The van der Waals surface area contributed by atoms with Crippen molar-refractivity contribution < 1.29 is 42.8 Å². The zero-order valence-corrected chi connectivity index (χ0v) is 24.5. The van der Waals surface area contributed by atoms with Gasteiger partial charge in [-0.25, -0.2) is 4.79 Å². The molecule has 1 saturated heterocycles. The molecule has 1 radical (unpaired) electrons. The Morgan fingerprint density at radius 3 is 2.06 bits per heavy atom. The molecule has 36 heavy (non-hydrogen) atoms. The maximum atomic E-state index is 12.8. The van der Waals surface area contributed by atoms with Crippen LogP contribution in [0, 0.1) is 19.3 Å². The monoisotopic (exact) mass is 549 g/mol. The fourth-order valence-corrected chi connectivity index (χ4v) is 3.81. The molecule has 2 fully saturated rings. The van der Waals surface area contributed by atoms with E-state index in [2.05, 4.69) is 36.7 Å². The predicted octanol–water partition coefficient (Wildman–Crippen LogP) is 1.71. The molecule has 1 aliphatic carbocycles. The van der Waals surface area contributed by atoms with Gasteiger partial charge in [0.05, 0.1) is 12.6 Å². The average Bonchev–Trinajstić information content (AvgIpc) is 3.15.